The van der Waals surface area contributed by atoms with Gasteiger partial charge >= 0.3 is 21.5 Å². The molecule has 0 aromatic rings. The highest BCUT2D eigenvalue weighted by Crippen LogP contribution is 1.94. The third-order valence-electron chi connectivity index (χ3n) is 0.911. The first-order valence-corrected chi connectivity index (χ1v) is 5.12. The molecule has 4 heteroatoms. The van der Waals surface area contributed by atoms with Crippen LogP contribution in [-0.4, -0.2) is 28.1 Å². The van der Waals surface area contributed by atoms with Crippen LogP contribution in [0.25, 0.3) is 0 Å². The van der Waals surface area contributed by atoms with Crippen LogP contribution in [0.3, 0.4) is 0 Å². The van der Waals surface area contributed by atoms with E-state index in [4.69, 9.17) is 3.79 Å². The maximum atomic E-state index is 10.8. The summed E-state index contributed by atoms with van der Waals surface area (Å²) in [4.78, 5) is 10.8. The minimum Gasteiger partial charge on any atom is -0.651 e. The zero-order chi connectivity index (χ0) is 8.69. The van der Waals surface area contributed by atoms with Crippen LogP contribution in [0.1, 0.15) is 13.8 Å². The molecule has 11 heavy (non-hydrogen) atoms. The van der Waals surface area contributed by atoms with Crippen LogP contribution in [0.4, 0.5) is 0 Å². The Morgan fingerprint density at radius 2 is 2.27 bits per heavy atom. The van der Waals surface area contributed by atoms with Crippen LogP contribution in [-0.2, 0) is 13.3 Å². The summed E-state index contributed by atoms with van der Waals surface area (Å²) in [5.41, 5.74) is 0. The minimum atomic E-state index is -0.335. The number of allylic oxidation sites excluding steroid dienone is 1. The highest BCUT2D eigenvalue weighted by Gasteiger charge is 1.97. The van der Waals surface area contributed by atoms with Gasteiger partial charge in [-0.3, -0.25) is 0 Å². The van der Waals surface area contributed by atoms with Gasteiger partial charge < -0.3 is 8.53 Å². The smallest absolute Gasteiger partial charge is 0.519 e. The Kier molecular flexibility index (Phi) is 6.00. The third-order valence-corrected chi connectivity index (χ3v) is 1.52. The predicted octanol–water partition coefficient (Wildman–Crippen LogP) is 1.14. The lowest BCUT2D eigenvalue weighted by Gasteiger charge is -2.02. The van der Waals surface area contributed by atoms with Gasteiger partial charge in [-0.2, -0.15) is 0 Å². The summed E-state index contributed by atoms with van der Waals surface area (Å²) in [6.07, 6.45) is 1.36. The molecule has 0 aliphatic carbocycles. The van der Waals surface area contributed by atoms with Crippen molar-refractivity contribution < 1.29 is 13.3 Å². The monoisotopic (exact) mass is 171 g/mol. The molecule has 0 N–H and O–H groups in total. The number of rotatable bonds is 4. The summed E-state index contributed by atoms with van der Waals surface area (Å²) in [5.74, 6) is 2.24. The molecule has 3 nitrogen and oxygen atoms in total. The first-order chi connectivity index (χ1) is 5.20. The molecule has 1 radical (unpaired) electrons. The van der Waals surface area contributed by atoms with Gasteiger partial charge in [0.15, 0.2) is 0 Å². The SMILES string of the molecule is CCOC(=O)/C=C(/C)[O][Al][CH3]. The highest BCUT2D eigenvalue weighted by atomic mass is 27.1. The maximum absolute atomic E-state index is 10.8. The van der Waals surface area contributed by atoms with Gasteiger partial charge in [0.1, 0.15) is 0 Å². The average molecular weight is 171 g/mol. The van der Waals surface area contributed by atoms with E-state index < -0.39 is 0 Å². The summed E-state index contributed by atoms with van der Waals surface area (Å²) in [5, 5.41) is 0. The second-order valence-electron chi connectivity index (χ2n) is 1.86. The van der Waals surface area contributed by atoms with Gasteiger partial charge in [0.05, 0.1) is 18.4 Å². The normalized spacial score (nSPS) is 10.6. The number of esters is 1. The molecule has 0 saturated carbocycles. The first kappa shape index (κ1) is 10.5. The van der Waals surface area contributed by atoms with Gasteiger partial charge in [0, 0.05) is 0 Å². The molecule has 0 fully saturated rings. The lowest BCUT2D eigenvalue weighted by molar-refractivity contribution is -0.137. The Morgan fingerprint density at radius 3 is 2.73 bits per heavy atom. The molecule has 0 aliphatic heterocycles. The standard InChI is InChI=1S/C6H10O3.CH3.Al/c1-3-9-6(8)4-5(2)7;;/h4,7H,3H2,1-2H3;1H3;/q;;+1/p-1/b5-4-;;. The predicted molar refractivity (Wildman–Crippen MR) is 43.1 cm³/mol. The molecule has 0 aromatic heterocycles. The van der Waals surface area contributed by atoms with Crippen LogP contribution in [0.15, 0.2) is 11.8 Å². The molecule has 0 rings (SSSR count). The molecule has 0 heterocycles. The van der Waals surface area contributed by atoms with Gasteiger partial charge in [-0.25, -0.2) is 4.79 Å². The molecule has 0 atom stereocenters. The molecule has 61 valence electrons. The lowest BCUT2D eigenvalue weighted by Crippen LogP contribution is -2.02. The zero-order valence-electron chi connectivity index (χ0n) is 7.09. The average Bonchev–Trinajstić information content (AvgIpc) is 1.87. The van der Waals surface area contributed by atoms with Crippen molar-refractivity contribution in [2.24, 2.45) is 0 Å². The van der Waals surface area contributed by atoms with Crippen LogP contribution < -0.4 is 0 Å². The number of hydrogen-bond acceptors (Lipinski definition) is 3. The summed E-state index contributed by atoms with van der Waals surface area (Å²) in [7, 11) is 0. The van der Waals surface area contributed by atoms with Crippen LogP contribution in [0.5, 0.6) is 0 Å². The first-order valence-electron chi connectivity index (χ1n) is 3.50. The Hall–Kier alpha value is -0.458. The second-order valence-corrected chi connectivity index (χ2v) is 2.57. The Bertz CT molecular complexity index is 154. The molecular formula is C7H12AlO3. The van der Waals surface area contributed by atoms with Gasteiger partial charge in [0.25, 0.3) is 0 Å². The van der Waals surface area contributed by atoms with Crippen LogP contribution in [0.2, 0.25) is 5.79 Å². The fourth-order valence-electron chi connectivity index (χ4n) is 0.570. The Labute approximate surface area is 73.4 Å². The van der Waals surface area contributed by atoms with E-state index >= 15 is 0 Å². The lowest BCUT2D eigenvalue weighted by atomic mass is 10.5. The van der Waals surface area contributed by atoms with E-state index in [2.05, 4.69) is 4.74 Å². The van der Waals surface area contributed by atoms with Crippen LogP contribution in [0, 0.1) is 0 Å². The fourth-order valence-corrected chi connectivity index (χ4v) is 1.01. The number of carbonyl (C=O) groups excluding carboxylic acids is 1. The van der Waals surface area contributed by atoms with Crippen molar-refractivity contribution in [2.45, 2.75) is 19.6 Å². The Balaban J connectivity index is 3.76. The van der Waals surface area contributed by atoms with E-state index in [1.807, 2.05) is 5.79 Å². The van der Waals surface area contributed by atoms with E-state index in [1.165, 1.54) is 6.08 Å². The van der Waals surface area contributed by atoms with Crippen molar-refractivity contribution >= 4 is 21.5 Å². The van der Waals surface area contributed by atoms with E-state index in [1.54, 1.807) is 13.8 Å². The summed E-state index contributed by atoms with van der Waals surface area (Å²) in [6, 6.07) is 0. The van der Waals surface area contributed by atoms with Crippen molar-refractivity contribution in [2.75, 3.05) is 6.61 Å². The van der Waals surface area contributed by atoms with Gasteiger partial charge in [-0.05, 0) is 13.8 Å². The van der Waals surface area contributed by atoms with E-state index in [9.17, 15) is 4.79 Å². The minimum absolute atomic E-state index is 0.0514. The third kappa shape index (κ3) is 5.96. The molecule has 0 saturated heterocycles. The van der Waals surface area contributed by atoms with Crippen molar-refractivity contribution in [1.82, 2.24) is 0 Å². The molecule has 0 aliphatic rings. The second kappa shape index (κ2) is 6.27. The summed E-state index contributed by atoms with van der Waals surface area (Å²) in [6.45, 7) is 3.92. The molecular weight excluding hydrogens is 159 g/mol. The molecule has 0 spiro atoms. The van der Waals surface area contributed by atoms with E-state index in [-0.39, 0.29) is 21.5 Å². The van der Waals surface area contributed by atoms with E-state index in [0.29, 0.717) is 12.4 Å². The molecule has 0 amide bonds. The topological polar surface area (TPSA) is 35.5 Å². The van der Waals surface area contributed by atoms with Crippen molar-refractivity contribution in [1.29, 1.82) is 0 Å². The highest BCUT2D eigenvalue weighted by molar-refractivity contribution is 6.25. The van der Waals surface area contributed by atoms with Gasteiger partial charge in [-0.15, -0.1) is 0 Å². The van der Waals surface area contributed by atoms with Gasteiger partial charge in [0.2, 0.25) is 0 Å². The number of carbonyl (C=O) groups is 1. The zero-order valence-corrected chi connectivity index (χ0v) is 8.24. The molecule has 0 unspecified atom stereocenters. The Morgan fingerprint density at radius 1 is 1.64 bits per heavy atom. The maximum Gasteiger partial charge on any atom is 0.519 e. The van der Waals surface area contributed by atoms with Crippen molar-refractivity contribution in [3.8, 4) is 0 Å². The quantitative estimate of drug-likeness (QED) is 0.275. The van der Waals surface area contributed by atoms with Crippen molar-refractivity contribution in [3.05, 3.63) is 11.8 Å². The molecule has 0 aromatic carbocycles. The van der Waals surface area contributed by atoms with Crippen LogP contribution >= 0.6 is 0 Å². The largest absolute Gasteiger partial charge is 0.651 e. The van der Waals surface area contributed by atoms with Crippen molar-refractivity contribution in [3.63, 3.8) is 0 Å². The fraction of sp³-hybridized carbons (Fsp3) is 0.571. The molecule has 0 bridgehead atoms. The van der Waals surface area contributed by atoms with E-state index in [0.717, 1.165) is 0 Å². The number of ether oxygens (including phenoxy) is 1. The summed E-state index contributed by atoms with van der Waals surface area (Å²) < 4.78 is 9.78. The van der Waals surface area contributed by atoms with Gasteiger partial charge in [-0.1, -0.05) is 5.79 Å². The summed E-state index contributed by atoms with van der Waals surface area (Å²) >= 11 is -0.0514. The number of hydrogen-bond donors (Lipinski definition) is 0.